The SMILES string of the molecule is CN=C(NCC(c1cnn(C)c1)N(C)C)N(C)CCOc1ccc(C)cc1. The molecule has 27 heavy (non-hydrogen) atoms. The first-order chi connectivity index (χ1) is 12.9. The highest BCUT2D eigenvalue weighted by atomic mass is 16.5. The van der Waals surface area contributed by atoms with E-state index in [2.05, 4.69) is 58.4 Å². The van der Waals surface area contributed by atoms with Crippen molar-refractivity contribution >= 4 is 5.96 Å². The van der Waals surface area contributed by atoms with E-state index in [-0.39, 0.29) is 6.04 Å². The summed E-state index contributed by atoms with van der Waals surface area (Å²) in [5, 5.41) is 7.74. The van der Waals surface area contributed by atoms with Crippen LogP contribution in [0.2, 0.25) is 0 Å². The van der Waals surface area contributed by atoms with Gasteiger partial charge >= 0.3 is 0 Å². The molecule has 0 saturated carbocycles. The molecule has 0 aliphatic heterocycles. The van der Waals surface area contributed by atoms with Crippen molar-refractivity contribution in [3.8, 4) is 5.75 Å². The number of likely N-dealkylation sites (N-methyl/N-ethyl adjacent to an activating group) is 2. The maximum absolute atomic E-state index is 5.82. The van der Waals surface area contributed by atoms with Crippen molar-refractivity contribution in [1.29, 1.82) is 0 Å². The lowest BCUT2D eigenvalue weighted by atomic mass is 10.1. The highest BCUT2D eigenvalue weighted by molar-refractivity contribution is 5.79. The van der Waals surface area contributed by atoms with Gasteiger partial charge in [-0.1, -0.05) is 17.7 Å². The van der Waals surface area contributed by atoms with E-state index in [1.807, 2.05) is 43.3 Å². The van der Waals surface area contributed by atoms with Crippen LogP contribution in [0.4, 0.5) is 0 Å². The quantitative estimate of drug-likeness (QED) is 0.567. The molecule has 0 aliphatic carbocycles. The Kier molecular flexibility index (Phi) is 7.67. The third-order valence-corrected chi connectivity index (χ3v) is 4.48. The molecule has 2 aromatic rings. The van der Waals surface area contributed by atoms with Crippen LogP contribution < -0.4 is 10.1 Å². The van der Waals surface area contributed by atoms with E-state index >= 15 is 0 Å². The minimum Gasteiger partial charge on any atom is -0.492 e. The molecule has 2 rings (SSSR count). The second kappa shape index (κ2) is 9.97. The lowest BCUT2D eigenvalue weighted by Gasteiger charge is -2.27. The van der Waals surface area contributed by atoms with Crippen molar-refractivity contribution in [2.45, 2.75) is 13.0 Å². The largest absolute Gasteiger partial charge is 0.492 e. The number of rotatable bonds is 8. The zero-order chi connectivity index (χ0) is 19.8. The van der Waals surface area contributed by atoms with E-state index in [4.69, 9.17) is 4.74 Å². The van der Waals surface area contributed by atoms with Crippen molar-refractivity contribution in [2.24, 2.45) is 12.0 Å². The van der Waals surface area contributed by atoms with Crippen molar-refractivity contribution in [3.63, 3.8) is 0 Å². The average molecular weight is 373 g/mol. The molecule has 0 fully saturated rings. The highest BCUT2D eigenvalue weighted by Crippen LogP contribution is 2.16. The van der Waals surface area contributed by atoms with Gasteiger partial charge in [-0.2, -0.15) is 5.10 Å². The molecular weight excluding hydrogens is 340 g/mol. The number of benzene rings is 1. The predicted molar refractivity (Wildman–Crippen MR) is 110 cm³/mol. The minimum atomic E-state index is 0.215. The fourth-order valence-electron chi connectivity index (χ4n) is 2.82. The summed E-state index contributed by atoms with van der Waals surface area (Å²) in [5.74, 6) is 1.74. The van der Waals surface area contributed by atoms with Gasteiger partial charge in [0.2, 0.25) is 0 Å². The van der Waals surface area contributed by atoms with E-state index in [0.29, 0.717) is 6.61 Å². The van der Waals surface area contributed by atoms with Crippen LogP contribution >= 0.6 is 0 Å². The molecular formula is C20H32N6O. The van der Waals surface area contributed by atoms with Crippen molar-refractivity contribution in [3.05, 3.63) is 47.8 Å². The summed E-state index contributed by atoms with van der Waals surface area (Å²) < 4.78 is 7.65. The van der Waals surface area contributed by atoms with E-state index in [0.717, 1.165) is 24.8 Å². The number of hydrogen-bond donors (Lipinski definition) is 1. The number of ether oxygens (including phenoxy) is 1. The van der Waals surface area contributed by atoms with Crippen molar-refractivity contribution in [1.82, 2.24) is 24.9 Å². The van der Waals surface area contributed by atoms with Gasteiger partial charge in [0.25, 0.3) is 0 Å². The maximum Gasteiger partial charge on any atom is 0.193 e. The third kappa shape index (κ3) is 6.29. The van der Waals surface area contributed by atoms with E-state index in [9.17, 15) is 0 Å². The second-order valence-electron chi connectivity index (χ2n) is 6.94. The third-order valence-electron chi connectivity index (χ3n) is 4.48. The molecule has 1 atom stereocenters. The zero-order valence-corrected chi connectivity index (χ0v) is 17.3. The number of nitrogens with zero attached hydrogens (tertiary/aromatic N) is 5. The topological polar surface area (TPSA) is 57.9 Å². The minimum absolute atomic E-state index is 0.215. The fraction of sp³-hybridized carbons (Fsp3) is 0.500. The van der Waals surface area contributed by atoms with Crippen LogP contribution in [-0.4, -0.2) is 73.4 Å². The van der Waals surface area contributed by atoms with Crippen LogP contribution in [0.15, 0.2) is 41.7 Å². The van der Waals surface area contributed by atoms with Gasteiger partial charge in [-0.3, -0.25) is 9.67 Å². The molecule has 7 nitrogen and oxygen atoms in total. The number of hydrogen-bond acceptors (Lipinski definition) is 4. The fourth-order valence-corrected chi connectivity index (χ4v) is 2.82. The van der Waals surface area contributed by atoms with Crippen LogP contribution in [-0.2, 0) is 7.05 Å². The molecule has 0 amide bonds. The Balaban J connectivity index is 1.84. The normalized spacial score (nSPS) is 12.9. The molecule has 0 saturated heterocycles. The van der Waals surface area contributed by atoms with Gasteiger partial charge in [0, 0.05) is 39.4 Å². The van der Waals surface area contributed by atoms with Gasteiger partial charge in [0.1, 0.15) is 12.4 Å². The van der Waals surface area contributed by atoms with Crippen LogP contribution in [0.3, 0.4) is 0 Å². The van der Waals surface area contributed by atoms with Gasteiger partial charge in [0.15, 0.2) is 5.96 Å². The molecule has 1 heterocycles. The van der Waals surface area contributed by atoms with Crippen LogP contribution in [0.25, 0.3) is 0 Å². The Hall–Kier alpha value is -2.54. The first kappa shape index (κ1) is 20.8. The smallest absolute Gasteiger partial charge is 0.193 e. The lowest BCUT2D eigenvalue weighted by Crippen LogP contribution is -2.44. The molecule has 7 heteroatoms. The molecule has 0 spiro atoms. The molecule has 1 aromatic carbocycles. The summed E-state index contributed by atoms with van der Waals surface area (Å²) in [7, 11) is 9.89. The van der Waals surface area contributed by atoms with E-state index < -0.39 is 0 Å². The Morgan fingerprint density at radius 1 is 1.26 bits per heavy atom. The Morgan fingerprint density at radius 3 is 2.52 bits per heavy atom. The lowest BCUT2D eigenvalue weighted by molar-refractivity contribution is 0.275. The summed E-state index contributed by atoms with van der Waals surface area (Å²) in [6.07, 6.45) is 3.96. The van der Waals surface area contributed by atoms with Gasteiger partial charge < -0.3 is 19.9 Å². The van der Waals surface area contributed by atoms with Crippen LogP contribution in [0, 0.1) is 6.92 Å². The number of aryl methyl sites for hydroxylation is 2. The number of guanidine groups is 1. The van der Waals surface area contributed by atoms with Crippen molar-refractivity contribution < 1.29 is 4.74 Å². The van der Waals surface area contributed by atoms with Crippen LogP contribution in [0.5, 0.6) is 5.75 Å². The zero-order valence-electron chi connectivity index (χ0n) is 17.3. The molecule has 0 radical (unpaired) electrons. The number of nitrogens with one attached hydrogen (secondary N) is 1. The second-order valence-corrected chi connectivity index (χ2v) is 6.94. The molecule has 1 aromatic heterocycles. The monoisotopic (exact) mass is 372 g/mol. The van der Waals surface area contributed by atoms with Gasteiger partial charge in [-0.25, -0.2) is 0 Å². The van der Waals surface area contributed by atoms with Crippen LogP contribution in [0.1, 0.15) is 17.2 Å². The maximum atomic E-state index is 5.82. The Morgan fingerprint density at radius 2 is 1.96 bits per heavy atom. The van der Waals surface area contributed by atoms with E-state index in [1.165, 1.54) is 11.1 Å². The molecule has 1 unspecified atom stereocenters. The van der Waals surface area contributed by atoms with Gasteiger partial charge in [-0.15, -0.1) is 0 Å². The summed E-state index contributed by atoms with van der Waals surface area (Å²) in [5.41, 5.74) is 2.41. The molecule has 0 aliphatic rings. The van der Waals surface area contributed by atoms with Gasteiger partial charge in [0.05, 0.1) is 18.8 Å². The summed E-state index contributed by atoms with van der Waals surface area (Å²) in [6, 6.07) is 8.32. The summed E-state index contributed by atoms with van der Waals surface area (Å²) in [4.78, 5) is 8.64. The average Bonchev–Trinajstić information content (AvgIpc) is 3.06. The Labute approximate surface area is 162 Å². The summed E-state index contributed by atoms with van der Waals surface area (Å²) in [6.45, 7) is 4.15. The standard InChI is InChI=1S/C20H32N6O/c1-16-7-9-18(10-8-16)27-12-11-25(5)20(21-2)22-14-19(24(3)4)17-13-23-26(6)15-17/h7-10,13,15,19H,11-12,14H2,1-6H3,(H,21,22). The predicted octanol–water partition coefficient (Wildman–Crippen LogP) is 1.92. The number of aliphatic imine (C=N–C) groups is 1. The molecule has 148 valence electrons. The molecule has 0 bridgehead atoms. The Bertz CT molecular complexity index is 722. The first-order valence-corrected chi connectivity index (χ1v) is 9.17. The molecule has 1 N–H and O–H groups in total. The van der Waals surface area contributed by atoms with E-state index in [1.54, 1.807) is 7.05 Å². The van der Waals surface area contributed by atoms with Gasteiger partial charge in [-0.05, 0) is 33.2 Å². The number of aromatic nitrogens is 2. The highest BCUT2D eigenvalue weighted by Gasteiger charge is 2.17. The summed E-state index contributed by atoms with van der Waals surface area (Å²) >= 11 is 0. The first-order valence-electron chi connectivity index (χ1n) is 9.17. The van der Waals surface area contributed by atoms with Crippen molar-refractivity contribution in [2.75, 3.05) is 47.9 Å².